The van der Waals surface area contributed by atoms with Crippen LogP contribution in [-0.2, 0) is 0 Å². The number of carboxylic acids is 1. The first-order chi connectivity index (χ1) is 9.95. The highest BCUT2D eigenvalue weighted by molar-refractivity contribution is 5.95. The Bertz CT molecular complexity index is 561. The smallest absolute Gasteiger partial charge is 0.342 e. The number of hydrogen-bond donors (Lipinski definition) is 1. The topological polar surface area (TPSA) is 86.9 Å². The standard InChI is InChI=1S/C14H19N3O4/c1-3-15-7-8-16(9-10(15)2)12-6-4-5-11(14(18)19)13(12)17(20)21/h4-6,10H,3,7-9H2,1-2H3,(H,18,19). The molecule has 0 bridgehead atoms. The second-order valence-corrected chi connectivity index (χ2v) is 5.16. The first-order valence-electron chi connectivity index (χ1n) is 6.95. The third kappa shape index (κ3) is 2.97. The Labute approximate surface area is 122 Å². The largest absolute Gasteiger partial charge is 0.477 e. The van der Waals surface area contributed by atoms with E-state index in [9.17, 15) is 14.9 Å². The summed E-state index contributed by atoms with van der Waals surface area (Å²) in [7, 11) is 0. The maximum absolute atomic E-state index is 11.3. The number of carboxylic acid groups (broad SMARTS) is 1. The maximum atomic E-state index is 11.3. The van der Waals surface area contributed by atoms with Gasteiger partial charge in [-0.05, 0) is 25.6 Å². The van der Waals surface area contributed by atoms with Crippen LogP contribution in [0.4, 0.5) is 11.4 Å². The van der Waals surface area contributed by atoms with Crippen LogP contribution in [0.25, 0.3) is 0 Å². The lowest BCUT2D eigenvalue weighted by atomic mass is 10.1. The fraction of sp³-hybridized carbons (Fsp3) is 0.500. The summed E-state index contributed by atoms with van der Waals surface area (Å²) in [6.07, 6.45) is 0. The van der Waals surface area contributed by atoms with Crippen molar-refractivity contribution in [1.29, 1.82) is 0 Å². The van der Waals surface area contributed by atoms with Gasteiger partial charge in [0.2, 0.25) is 0 Å². The van der Waals surface area contributed by atoms with E-state index in [1.54, 1.807) is 12.1 Å². The SMILES string of the molecule is CCN1CCN(c2cccc(C(=O)O)c2[N+](=O)[O-])CC1C. The molecule has 1 aromatic carbocycles. The Morgan fingerprint density at radius 3 is 2.71 bits per heavy atom. The number of nitro groups is 1. The molecule has 1 unspecified atom stereocenters. The van der Waals surface area contributed by atoms with Crippen LogP contribution in [0.5, 0.6) is 0 Å². The molecule has 0 amide bonds. The number of piperazine rings is 1. The molecule has 1 saturated heterocycles. The molecule has 0 aliphatic carbocycles. The molecule has 0 saturated carbocycles. The zero-order valence-electron chi connectivity index (χ0n) is 12.2. The Hall–Kier alpha value is -2.15. The number of aromatic carboxylic acids is 1. The van der Waals surface area contributed by atoms with Gasteiger partial charge in [-0.3, -0.25) is 15.0 Å². The number of para-hydroxylation sites is 1. The molecular formula is C14H19N3O4. The van der Waals surface area contributed by atoms with Crippen LogP contribution in [-0.4, -0.2) is 53.1 Å². The lowest BCUT2D eigenvalue weighted by Crippen LogP contribution is -2.51. The molecule has 0 aromatic heterocycles. The van der Waals surface area contributed by atoms with E-state index in [2.05, 4.69) is 18.7 Å². The zero-order chi connectivity index (χ0) is 15.6. The first kappa shape index (κ1) is 15.2. The molecule has 7 nitrogen and oxygen atoms in total. The number of rotatable bonds is 4. The molecular weight excluding hydrogens is 274 g/mol. The summed E-state index contributed by atoms with van der Waals surface area (Å²) < 4.78 is 0. The molecule has 1 aliphatic rings. The fourth-order valence-corrected chi connectivity index (χ4v) is 2.83. The van der Waals surface area contributed by atoms with Crippen molar-refractivity contribution >= 4 is 17.3 Å². The Morgan fingerprint density at radius 1 is 1.48 bits per heavy atom. The summed E-state index contributed by atoms with van der Waals surface area (Å²) in [5.74, 6) is -1.27. The normalized spacial score (nSPS) is 19.5. The van der Waals surface area contributed by atoms with Gasteiger partial charge in [0.15, 0.2) is 0 Å². The predicted octanol–water partition coefficient (Wildman–Crippen LogP) is 1.82. The van der Waals surface area contributed by atoms with Crippen LogP contribution in [0.2, 0.25) is 0 Å². The van der Waals surface area contributed by atoms with Gasteiger partial charge >= 0.3 is 11.7 Å². The molecule has 114 valence electrons. The quantitative estimate of drug-likeness (QED) is 0.673. The lowest BCUT2D eigenvalue weighted by Gasteiger charge is -2.40. The van der Waals surface area contributed by atoms with Crippen molar-refractivity contribution in [3.63, 3.8) is 0 Å². The zero-order valence-corrected chi connectivity index (χ0v) is 12.2. The number of hydrogen-bond acceptors (Lipinski definition) is 5. The van der Waals surface area contributed by atoms with Crippen LogP contribution in [0.1, 0.15) is 24.2 Å². The summed E-state index contributed by atoms with van der Waals surface area (Å²) in [5, 5.41) is 20.4. The van der Waals surface area contributed by atoms with E-state index in [1.807, 2.05) is 4.90 Å². The number of nitro benzene ring substituents is 1. The van der Waals surface area contributed by atoms with Crippen molar-refractivity contribution in [2.45, 2.75) is 19.9 Å². The van der Waals surface area contributed by atoms with Gasteiger partial charge in [-0.2, -0.15) is 0 Å². The van der Waals surface area contributed by atoms with Crippen molar-refractivity contribution < 1.29 is 14.8 Å². The number of nitrogens with zero attached hydrogens (tertiary/aromatic N) is 3. The minimum Gasteiger partial charge on any atom is -0.477 e. The van der Waals surface area contributed by atoms with E-state index >= 15 is 0 Å². The molecule has 1 fully saturated rings. The van der Waals surface area contributed by atoms with Gasteiger partial charge in [0.25, 0.3) is 0 Å². The predicted molar refractivity (Wildman–Crippen MR) is 79.0 cm³/mol. The number of carbonyl (C=O) groups is 1. The Balaban J connectivity index is 2.38. The van der Waals surface area contributed by atoms with E-state index in [-0.39, 0.29) is 17.3 Å². The van der Waals surface area contributed by atoms with Crippen molar-refractivity contribution in [2.24, 2.45) is 0 Å². The second-order valence-electron chi connectivity index (χ2n) is 5.16. The van der Waals surface area contributed by atoms with Gasteiger partial charge in [0, 0.05) is 25.7 Å². The van der Waals surface area contributed by atoms with Crippen LogP contribution < -0.4 is 4.90 Å². The summed E-state index contributed by atoms with van der Waals surface area (Å²) >= 11 is 0. The second kappa shape index (κ2) is 6.09. The van der Waals surface area contributed by atoms with Crippen LogP contribution in [0.15, 0.2) is 18.2 Å². The van der Waals surface area contributed by atoms with Gasteiger partial charge in [0.05, 0.1) is 4.92 Å². The third-order valence-corrected chi connectivity index (χ3v) is 3.94. The molecule has 1 heterocycles. The van der Waals surface area contributed by atoms with Crippen molar-refractivity contribution in [1.82, 2.24) is 4.90 Å². The van der Waals surface area contributed by atoms with Gasteiger partial charge in [-0.1, -0.05) is 13.0 Å². The van der Waals surface area contributed by atoms with E-state index in [4.69, 9.17) is 5.11 Å². The highest BCUT2D eigenvalue weighted by atomic mass is 16.6. The van der Waals surface area contributed by atoms with E-state index in [1.165, 1.54) is 6.07 Å². The van der Waals surface area contributed by atoms with Gasteiger partial charge < -0.3 is 10.0 Å². The summed E-state index contributed by atoms with van der Waals surface area (Å²) in [4.78, 5) is 26.1. The van der Waals surface area contributed by atoms with Gasteiger partial charge in [-0.15, -0.1) is 0 Å². The van der Waals surface area contributed by atoms with Crippen LogP contribution >= 0.6 is 0 Å². The number of benzene rings is 1. The van der Waals surface area contributed by atoms with E-state index < -0.39 is 10.9 Å². The summed E-state index contributed by atoms with van der Waals surface area (Å²) in [6, 6.07) is 4.73. The number of likely N-dealkylation sites (N-methyl/N-ethyl adjacent to an activating group) is 1. The van der Waals surface area contributed by atoms with E-state index in [0.29, 0.717) is 18.8 Å². The molecule has 0 radical (unpaired) electrons. The molecule has 1 N–H and O–H groups in total. The van der Waals surface area contributed by atoms with Crippen molar-refractivity contribution in [3.05, 3.63) is 33.9 Å². The summed E-state index contributed by atoms with van der Waals surface area (Å²) in [5.41, 5.74) is -0.187. The Morgan fingerprint density at radius 2 is 2.19 bits per heavy atom. The molecule has 0 spiro atoms. The van der Waals surface area contributed by atoms with E-state index in [0.717, 1.165) is 13.1 Å². The Kier molecular flexibility index (Phi) is 4.42. The summed E-state index contributed by atoms with van der Waals surface area (Å²) in [6.45, 7) is 7.21. The van der Waals surface area contributed by atoms with Crippen LogP contribution in [0.3, 0.4) is 0 Å². The minimum absolute atomic E-state index is 0.261. The minimum atomic E-state index is -1.27. The molecule has 2 rings (SSSR count). The molecule has 1 aliphatic heterocycles. The maximum Gasteiger partial charge on any atom is 0.342 e. The molecule has 21 heavy (non-hydrogen) atoms. The van der Waals surface area contributed by atoms with Crippen molar-refractivity contribution in [2.75, 3.05) is 31.1 Å². The fourth-order valence-electron chi connectivity index (χ4n) is 2.83. The molecule has 1 aromatic rings. The first-order valence-corrected chi connectivity index (χ1v) is 6.95. The highest BCUT2D eigenvalue weighted by Crippen LogP contribution is 2.33. The average Bonchev–Trinajstić information content (AvgIpc) is 2.46. The van der Waals surface area contributed by atoms with Gasteiger partial charge in [-0.25, -0.2) is 4.79 Å². The van der Waals surface area contributed by atoms with Crippen LogP contribution in [0, 0.1) is 10.1 Å². The average molecular weight is 293 g/mol. The monoisotopic (exact) mass is 293 g/mol. The number of anilines is 1. The van der Waals surface area contributed by atoms with Gasteiger partial charge in [0.1, 0.15) is 11.3 Å². The molecule has 7 heteroatoms. The third-order valence-electron chi connectivity index (χ3n) is 3.94. The molecule has 1 atom stereocenters. The van der Waals surface area contributed by atoms with Crippen molar-refractivity contribution in [3.8, 4) is 0 Å². The lowest BCUT2D eigenvalue weighted by molar-refractivity contribution is -0.384. The highest BCUT2D eigenvalue weighted by Gasteiger charge is 2.30.